The molecule has 4 rings (SSSR count). The van der Waals surface area contributed by atoms with E-state index in [1.807, 2.05) is 0 Å². The van der Waals surface area contributed by atoms with E-state index in [4.69, 9.17) is 4.74 Å². The lowest BCUT2D eigenvalue weighted by Gasteiger charge is -2.58. The van der Waals surface area contributed by atoms with Crippen molar-refractivity contribution in [2.24, 2.45) is 46.3 Å². The van der Waals surface area contributed by atoms with E-state index < -0.39 is 12.1 Å². The van der Waals surface area contributed by atoms with Gasteiger partial charge in [-0.1, -0.05) is 65.5 Å². The van der Waals surface area contributed by atoms with E-state index in [9.17, 15) is 14.7 Å². The highest BCUT2D eigenvalue weighted by atomic mass is 127. The zero-order valence-corrected chi connectivity index (χ0v) is 30.8. The fraction of sp³-hybridized carbons (Fsp3) is 0.889. The maximum atomic E-state index is 12.7. The molecule has 0 heterocycles. The molecule has 248 valence electrons. The second-order valence-electron chi connectivity index (χ2n) is 16.7. The van der Waals surface area contributed by atoms with Gasteiger partial charge < -0.3 is 43.6 Å². The van der Waals surface area contributed by atoms with Gasteiger partial charge in [0.1, 0.15) is 6.10 Å². The number of aliphatic hydroxyl groups is 1. The standard InChI is InChI=1S/C36H62N2O4.HI/c1-24(2)10-9-11-25(3)29-14-15-30-28-13-12-26-22-27(16-18-35(26,4)31(28)17-19-36(29,30)5)42-34(41)32(39)23-33(40)37-20-21-38(6,7)8;/h12,24-25,27-32,39H,9-11,13-23H2,1-8H3;1H/t25?,27-,28?,29+,30?,31?,32?,35-,36+;/m0./s1. The number of amides is 1. The number of allylic oxidation sites excluding steroid dienone is 1. The van der Waals surface area contributed by atoms with E-state index in [0.717, 1.165) is 65.8 Å². The van der Waals surface area contributed by atoms with Crippen molar-refractivity contribution in [2.45, 2.75) is 124 Å². The second-order valence-corrected chi connectivity index (χ2v) is 16.7. The lowest BCUT2D eigenvalue weighted by Crippen LogP contribution is -3.00. The van der Waals surface area contributed by atoms with Gasteiger partial charge in [-0.2, -0.15) is 0 Å². The van der Waals surface area contributed by atoms with Gasteiger partial charge in [0, 0.05) is 6.42 Å². The van der Waals surface area contributed by atoms with Crippen LogP contribution in [0.5, 0.6) is 0 Å². The first-order valence-electron chi connectivity index (χ1n) is 17.3. The average Bonchev–Trinajstić information content (AvgIpc) is 3.25. The molecule has 6 nitrogen and oxygen atoms in total. The average molecular weight is 715 g/mol. The first kappa shape index (κ1) is 36.8. The molecule has 3 fully saturated rings. The van der Waals surface area contributed by atoms with Crippen LogP contribution in [0, 0.1) is 46.3 Å². The van der Waals surface area contributed by atoms with Gasteiger partial charge >= 0.3 is 5.97 Å². The largest absolute Gasteiger partial charge is 1.00 e. The lowest BCUT2D eigenvalue weighted by atomic mass is 9.47. The summed E-state index contributed by atoms with van der Waals surface area (Å²) in [6.45, 7) is 13.7. The molecule has 9 atom stereocenters. The van der Waals surface area contributed by atoms with E-state index >= 15 is 0 Å². The highest BCUT2D eigenvalue weighted by Crippen LogP contribution is 2.67. The maximum Gasteiger partial charge on any atom is 0.335 e. The Kier molecular flexibility index (Phi) is 12.7. The molecule has 0 aromatic heterocycles. The van der Waals surface area contributed by atoms with Crippen molar-refractivity contribution in [1.82, 2.24) is 5.32 Å². The lowest BCUT2D eigenvalue weighted by molar-refractivity contribution is -0.869. The molecule has 4 aliphatic carbocycles. The van der Waals surface area contributed by atoms with Crippen LogP contribution in [0.15, 0.2) is 11.6 Å². The maximum absolute atomic E-state index is 12.7. The number of esters is 1. The van der Waals surface area contributed by atoms with Gasteiger partial charge in [-0.3, -0.25) is 4.79 Å². The Morgan fingerprint density at radius 1 is 1.05 bits per heavy atom. The summed E-state index contributed by atoms with van der Waals surface area (Å²) in [6.07, 6.45) is 14.1. The molecule has 0 spiro atoms. The number of ether oxygens (including phenoxy) is 1. The van der Waals surface area contributed by atoms with Gasteiger partial charge in [0.2, 0.25) is 5.91 Å². The molecule has 7 heteroatoms. The molecular weight excluding hydrogens is 651 g/mol. The van der Waals surface area contributed by atoms with E-state index in [0.29, 0.717) is 12.0 Å². The number of hydrogen-bond donors (Lipinski definition) is 2. The van der Waals surface area contributed by atoms with Crippen LogP contribution in [-0.4, -0.2) is 67.9 Å². The zero-order chi connectivity index (χ0) is 30.9. The number of quaternary nitrogens is 1. The molecule has 2 N–H and O–H groups in total. The van der Waals surface area contributed by atoms with Gasteiger partial charge in [-0.25, -0.2) is 4.79 Å². The van der Waals surface area contributed by atoms with E-state index in [2.05, 4.69) is 67.2 Å². The van der Waals surface area contributed by atoms with Crippen molar-refractivity contribution in [3.05, 3.63) is 11.6 Å². The molecule has 43 heavy (non-hydrogen) atoms. The summed E-state index contributed by atoms with van der Waals surface area (Å²) in [5, 5.41) is 13.2. The van der Waals surface area contributed by atoms with Crippen molar-refractivity contribution >= 4 is 11.9 Å². The van der Waals surface area contributed by atoms with Crippen LogP contribution in [-0.2, 0) is 14.3 Å². The number of aliphatic hydroxyl groups excluding tert-OH is 1. The third-order valence-corrected chi connectivity index (χ3v) is 12.3. The van der Waals surface area contributed by atoms with Gasteiger partial charge in [0.15, 0.2) is 6.10 Å². The smallest absolute Gasteiger partial charge is 0.335 e. The summed E-state index contributed by atoms with van der Waals surface area (Å²) in [5.74, 6) is 3.88. The molecule has 0 aromatic rings. The van der Waals surface area contributed by atoms with E-state index in [-0.39, 0.29) is 47.8 Å². The molecule has 0 aromatic carbocycles. The predicted molar refractivity (Wildman–Crippen MR) is 169 cm³/mol. The number of carbonyl (C=O) groups is 2. The summed E-state index contributed by atoms with van der Waals surface area (Å²) in [7, 11) is 6.17. The molecule has 5 unspecified atom stereocenters. The minimum absolute atomic E-state index is 0. The van der Waals surface area contributed by atoms with Crippen LogP contribution < -0.4 is 29.3 Å². The Balaban J connectivity index is 0.00000506. The van der Waals surface area contributed by atoms with Gasteiger partial charge in [0.05, 0.1) is 40.7 Å². The van der Waals surface area contributed by atoms with Crippen molar-refractivity contribution < 1.29 is 47.9 Å². The van der Waals surface area contributed by atoms with Gasteiger partial charge in [0.25, 0.3) is 0 Å². The normalized spacial score (nSPS) is 35.0. The van der Waals surface area contributed by atoms with Crippen molar-refractivity contribution in [3.8, 4) is 0 Å². The monoisotopic (exact) mass is 714 g/mol. The minimum Gasteiger partial charge on any atom is -1.00 e. The summed E-state index contributed by atoms with van der Waals surface area (Å²) in [6, 6.07) is 0. The third-order valence-electron chi connectivity index (χ3n) is 12.3. The molecule has 0 bridgehead atoms. The van der Waals surface area contributed by atoms with Gasteiger partial charge in [-0.05, 0) is 91.3 Å². The number of rotatable bonds is 12. The van der Waals surface area contributed by atoms with Crippen molar-refractivity contribution in [3.63, 3.8) is 0 Å². The molecule has 3 saturated carbocycles. The summed E-state index contributed by atoms with van der Waals surface area (Å²) in [4.78, 5) is 25.0. The number of nitrogens with zero attached hydrogens (tertiary/aromatic N) is 1. The SMILES string of the molecule is CC(C)CCCC(C)[C@H]1CCC2C3CC=C4C[C@@H](OC(=O)C(O)CC(=O)NCC[N+](C)(C)C)CC[C@]4(C)C3CC[C@@]21C.[I-]. The molecule has 0 aliphatic heterocycles. The first-order chi connectivity index (χ1) is 19.6. The van der Waals surface area contributed by atoms with Crippen LogP contribution in [0.25, 0.3) is 0 Å². The van der Waals surface area contributed by atoms with E-state index in [1.165, 1.54) is 56.9 Å². The Labute approximate surface area is 280 Å². The topological polar surface area (TPSA) is 75.6 Å². The van der Waals surface area contributed by atoms with Crippen LogP contribution in [0.2, 0.25) is 0 Å². The quantitative estimate of drug-likeness (QED) is 0.141. The number of hydrogen-bond acceptors (Lipinski definition) is 4. The van der Waals surface area contributed by atoms with Crippen LogP contribution in [0.1, 0.15) is 112 Å². The second kappa shape index (κ2) is 14.8. The molecule has 4 aliphatic rings. The van der Waals surface area contributed by atoms with E-state index in [1.54, 1.807) is 0 Å². The molecule has 1 amide bonds. The van der Waals surface area contributed by atoms with Crippen LogP contribution in [0.3, 0.4) is 0 Å². The fourth-order valence-electron chi connectivity index (χ4n) is 9.86. The third kappa shape index (κ3) is 8.58. The number of nitrogens with one attached hydrogen (secondary N) is 1. The number of carbonyl (C=O) groups excluding carboxylic acids is 2. The Hall–Kier alpha value is -0.670. The highest BCUT2D eigenvalue weighted by molar-refractivity contribution is 5.84. The van der Waals surface area contributed by atoms with Crippen LogP contribution in [0.4, 0.5) is 0 Å². The highest BCUT2D eigenvalue weighted by Gasteiger charge is 2.59. The number of fused-ring (bicyclic) bond motifs is 5. The Morgan fingerprint density at radius 3 is 2.44 bits per heavy atom. The molecule has 0 saturated heterocycles. The Morgan fingerprint density at radius 2 is 1.77 bits per heavy atom. The first-order valence-corrected chi connectivity index (χ1v) is 17.3. The fourth-order valence-corrected chi connectivity index (χ4v) is 9.86. The zero-order valence-electron chi connectivity index (χ0n) is 28.6. The summed E-state index contributed by atoms with van der Waals surface area (Å²) < 4.78 is 6.54. The van der Waals surface area contributed by atoms with Crippen molar-refractivity contribution in [2.75, 3.05) is 34.2 Å². The number of likely N-dealkylation sites (N-methyl/N-ethyl adjacent to an activating group) is 1. The van der Waals surface area contributed by atoms with Crippen molar-refractivity contribution in [1.29, 1.82) is 0 Å². The molecular formula is C36H63IN2O4. The Bertz CT molecular complexity index is 992. The molecule has 0 radical (unpaired) electrons. The minimum atomic E-state index is -1.41. The summed E-state index contributed by atoms with van der Waals surface area (Å²) >= 11 is 0. The predicted octanol–water partition coefficient (Wildman–Crippen LogP) is 3.52. The van der Waals surface area contributed by atoms with Crippen LogP contribution >= 0.6 is 0 Å². The van der Waals surface area contributed by atoms with Gasteiger partial charge in [-0.15, -0.1) is 0 Å². The summed E-state index contributed by atoms with van der Waals surface area (Å²) in [5.41, 5.74) is 2.15. The number of halogens is 1.